The Morgan fingerprint density at radius 3 is 2.40 bits per heavy atom. The Morgan fingerprint density at radius 2 is 1.73 bits per heavy atom. The second-order valence-corrected chi connectivity index (χ2v) is 21.0. The van der Waals surface area contributed by atoms with Crippen molar-refractivity contribution in [3.05, 3.63) is 12.2 Å². The third kappa shape index (κ3) is 5.69. The van der Waals surface area contributed by atoms with E-state index >= 15 is 0 Å². The van der Waals surface area contributed by atoms with E-state index in [2.05, 4.69) is 79.4 Å². The zero-order chi connectivity index (χ0) is 22.0. The summed E-state index contributed by atoms with van der Waals surface area (Å²) in [5.74, 6) is 7.03. The highest BCUT2D eigenvalue weighted by Crippen LogP contribution is 2.54. The second kappa shape index (κ2) is 9.35. The van der Waals surface area contributed by atoms with Gasteiger partial charge in [0.25, 0.3) is 0 Å². The SMILES string of the molecule is C[Si](C)(C)C#C/C=C\[C@@H]1[C@@H]2CCC[C@]13CCC[C@@H]([C@H](O)CCC#C[Si](C)(C)C)N3O2. The largest absolute Gasteiger partial charge is 0.391 e. The molecule has 0 radical (unpaired) electrons. The van der Waals surface area contributed by atoms with Gasteiger partial charge < -0.3 is 5.11 Å². The fourth-order valence-corrected chi connectivity index (χ4v) is 6.45. The molecule has 3 rings (SSSR count). The topological polar surface area (TPSA) is 32.7 Å². The number of aliphatic hydroxyl groups is 1. The number of allylic oxidation sites excluding steroid dienone is 1. The molecular formula is C25H41NO2Si2. The summed E-state index contributed by atoms with van der Waals surface area (Å²) < 4.78 is 0. The molecule has 30 heavy (non-hydrogen) atoms. The zero-order valence-corrected chi connectivity index (χ0v) is 21.9. The molecule has 5 atom stereocenters. The van der Waals surface area contributed by atoms with Crippen LogP contribution in [0.3, 0.4) is 0 Å². The lowest BCUT2D eigenvalue weighted by atomic mass is 9.67. The van der Waals surface area contributed by atoms with Crippen LogP contribution in [0.5, 0.6) is 0 Å². The van der Waals surface area contributed by atoms with Gasteiger partial charge in [-0.2, -0.15) is 5.06 Å². The van der Waals surface area contributed by atoms with Gasteiger partial charge in [-0.05, 0) is 51.0 Å². The lowest BCUT2D eigenvalue weighted by molar-refractivity contribution is -0.239. The lowest BCUT2D eigenvalue weighted by Crippen LogP contribution is -2.58. The summed E-state index contributed by atoms with van der Waals surface area (Å²) in [6, 6.07) is 0.0968. The van der Waals surface area contributed by atoms with Gasteiger partial charge >= 0.3 is 0 Å². The molecule has 0 aromatic rings. The number of hydroxylamine groups is 2. The van der Waals surface area contributed by atoms with Crippen LogP contribution < -0.4 is 0 Å². The van der Waals surface area contributed by atoms with Gasteiger partial charge in [-0.3, -0.25) is 4.84 Å². The van der Waals surface area contributed by atoms with E-state index in [9.17, 15) is 5.11 Å². The normalized spacial score (nSPS) is 32.7. The van der Waals surface area contributed by atoms with Gasteiger partial charge in [0.1, 0.15) is 16.1 Å². The molecule has 2 heterocycles. The van der Waals surface area contributed by atoms with Crippen LogP contribution in [0.1, 0.15) is 51.4 Å². The predicted octanol–water partition coefficient (Wildman–Crippen LogP) is 5.15. The smallest absolute Gasteiger partial charge is 0.129 e. The van der Waals surface area contributed by atoms with Crippen molar-refractivity contribution >= 4 is 16.1 Å². The van der Waals surface area contributed by atoms with Crippen LogP contribution >= 0.6 is 0 Å². The standard InChI is InChI=1S/C25H41NO2Si2/c1-29(2,3)19-9-7-13-21-24-16-12-18-25(21)17-11-14-22(26(25)28-24)23(27)15-8-10-20-30(4,5)6/h7,13,21-24,27H,8,11-12,14-18H2,1-6H3/b13-7-/t21-,22+,23-,24+,25-/m1/s1. The first-order chi connectivity index (χ1) is 14.0. The summed E-state index contributed by atoms with van der Waals surface area (Å²) in [4.78, 5) is 6.54. The molecule has 0 aromatic carbocycles. The minimum absolute atomic E-state index is 0.0498. The third-order valence-electron chi connectivity index (χ3n) is 6.52. The average molecular weight is 444 g/mol. The third-order valence-corrected chi connectivity index (χ3v) is 8.35. The van der Waals surface area contributed by atoms with Crippen LogP contribution in [-0.4, -0.2) is 50.1 Å². The molecule has 3 aliphatic rings. The van der Waals surface area contributed by atoms with E-state index in [1.54, 1.807) is 0 Å². The average Bonchev–Trinajstić information content (AvgIpc) is 2.80. The molecule has 0 unspecified atom stereocenters. The van der Waals surface area contributed by atoms with Gasteiger partial charge in [0.15, 0.2) is 0 Å². The summed E-state index contributed by atoms with van der Waals surface area (Å²) >= 11 is 0. The van der Waals surface area contributed by atoms with Crippen molar-refractivity contribution in [1.29, 1.82) is 0 Å². The van der Waals surface area contributed by atoms with E-state index in [0.29, 0.717) is 5.92 Å². The fourth-order valence-electron chi connectivity index (χ4n) is 5.27. The minimum Gasteiger partial charge on any atom is -0.391 e. The maximum absolute atomic E-state index is 11.0. The van der Waals surface area contributed by atoms with E-state index in [0.717, 1.165) is 25.7 Å². The first-order valence-electron chi connectivity index (χ1n) is 11.9. The van der Waals surface area contributed by atoms with Crippen LogP contribution in [0.15, 0.2) is 12.2 Å². The van der Waals surface area contributed by atoms with Crippen LogP contribution in [0.25, 0.3) is 0 Å². The fraction of sp³-hybridized carbons (Fsp3) is 0.760. The first kappa shape index (κ1) is 23.8. The van der Waals surface area contributed by atoms with Gasteiger partial charge in [0.2, 0.25) is 0 Å². The molecule has 2 bridgehead atoms. The Morgan fingerprint density at radius 1 is 1.07 bits per heavy atom. The predicted molar refractivity (Wildman–Crippen MR) is 131 cm³/mol. The Labute approximate surface area is 186 Å². The molecule has 3 nitrogen and oxygen atoms in total. The van der Waals surface area contributed by atoms with Crippen molar-refractivity contribution in [3.8, 4) is 22.9 Å². The maximum Gasteiger partial charge on any atom is 0.129 e. The highest BCUT2D eigenvalue weighted by atomic mass is 28.3. The van der Waals surface area contributed by atoms with Gasteiger partial charge in [-0.25, -0.2) is 0 Å². The van der Waals surface area contributed by atoms with E-state index in [-0.39, 0.29) is 23.8 Å². The summed E-state index contributed by atoms with van der Waals surface area (Å²) in [5, 5.41) is 13.3. The molecular weight excluding hydrogens is 402 g/mol. The second-order valence-electron chi connectivity index (χ2n) is 11.5. The number of hydrogen-bond acceptors (Lipinski definition) is 3. The Hall–Kier alpha value is -0.826. The van der Waals surface area contributed by atoms with Crippen LogP contribution in [-0.2, 0) is 4.84 Å². The number of nitrogens with zero attached hydrogens (tertiary/aromatic N) is 1. The summed E-state index contributed by atoms with van der Waals surface area (Å²) in [7, 11) is -2.69. The molecule has 3 fully saturated rings. The summed E-state index contributed by atoms with van der Waals surface area (Å²) in [5.41, 5.74) is 6.92. The number of hydrogen-bond donors (Lipinski definition) is 1. The van der Waals surface area contributed by atoms with Gasteiger partial charge in [-0.15, -0.1) is 17.0 Å². The van der Waals surface area contributed by atoms with Crippen molar-refractivity contribution in [2.45, 2.75) is 114 Å². The molecule has 1 aliphatic carbocycles. The van der Waals surface area contributed by atoms with Crippen molar-refractivity contribution in [3.63, 3.8) is 0 Å². The van der Waals surface area contributed by atoms with Gasteiger partial charge in [0.05, 0.1) is 23.8 Å². The van der Waals surface area contributed by atoms with Crippen LogP contribution in [0.4, 0.5) is 0 Å². The van der Waals surface area contributed by atoms with E-state index in [1.807, 2.05) is 0 Å². The monoisotopic (exact) mass is 443 g/mol. The highest BCUT2D eigenvalue weighted by molar-refractivity contribution is 6.84. The quantitative estimate of drug-likeness (QED) is 0.481. The summed E-state index contributed by atoms with van der Waals surface area (Å²) in [6.45, 7) is 13.6. The Kier molecular flexibility index (Phi) is 7.43. The van der Waals surface area contributed by atoms with Crippen molar-refractivity contribution < 1.29 is 9.94 Å². The molecule has 1 N–H and O–H groups in total. The Bertz CT molecular complexity index is 754. The molecule has 1 spiro atoms. The first-order valence-corrected chi connectivity index (χ1v) is 18.9. The summed E-state index contributed by atoms with van der Waals surface area (Å²) in [6.07, 6.45) is 12.6. The molecule has 0 aromatic heterocycles. The minimum atomic E-state index is -1.35. The molecule has 166 valence electrons. The van der Waals surface area contributed by atoms with Crippen LogP contribution in [0, 0.1) is 28.8 Å². The van der Waals surface area contributed by atoms with Crippen molar-refractivity contribution in [2.24, 2.45) is 5.92 Å². The van der Waals surface area contributed by atoms with Crippen molar-refractivity contribution in [1.82, 2.24) is 5.06 Å². The maximum atomic E-state index is 11.0. The van der Waals surface area contributed by atoms with E-state index < -0.39 is 16.1 Å². The molecule has 2 saturated heterocycles. The molecule has 0 amide bonds. The lowest BCUT2D eigenvalue weighted by Gasteiger charge is -2.49. The molecule has 1 saturated carbocycles. The van der Waals surface area contributed by atoms with E-state index in [1.165, 1.54) is 25.7 Å². The number of aliphatic hydroxyl groups excluding tert-OH is 1. The number of piperidine rings is 1. The Balaban J connectivity index is 1.72. The van der Waals surface area contributed by atoms with Gasteiger partial charge in [0, 0.05) is 12.3 Å². The van der Waals surface area contributed by atoms with Crippen molar-refractivity contribution in [2.75, 3.05) is 0 Å². The molecule has 2 aliphatic heterocycles. The zero-order valence-electron chi connectivity index (χ0n) is 19.9. The highest BCUT2D eigenvalue weighted by Gasteiger charge is 2.59. The van der Waals surface area contributed by atoms with Crippen LogP contribution in [0.2, 0.25) is 39.3 Å². The van der Waals surface area contributed by atoms with E-state index in [4.69, 9.17) is 4.84 Å². The number of rotatable bonds is 4. The number of fused-ring (bicyclic) bond motifs is 1. The molecule has 5 heteroatoms. The van der Waals surface area contributed by atoms with Gasteiger partial charge in [-0.1, -0.05) is 51.3 Å².